The largest absolute Gasteiger partial charge is 0.586 e. The van der Waals surface area contributed by atoms with E-state index < -0.39 is 6.29 Å². The molecule has 4 rings (SSSR count). The van der Waals surface area contributed by atoms with Gasteiger partial charge in [-0.15, -0.1) is 8.78 Å². The van der Waals surface area contributed by atoms with E-state index in [1.54, 1.807) is 49.2 Å². The van der Waals surface area contributed by atoms with E-state index in [4.69, 9.17) is 11.6 Å². The molecule has 3 aromatic rings. The molecule has 1 N–H and O–H groups in total. The van der Waals surface area contributed by atoms with Crippen molar-refractivity contribution < 1.29 is 23.0 Å². The predicted octanol–water partition coefficient (Wildman–Crippen LogP) is 4.14. The molecule has 0 spiro atoms. The Bertz CT molecular complexity index is 1140. The first-order valence-electron chi connectivity index (χ1n) is 9.27. The second-order valence-electron chi connectivity index (χ2n) is 7.00. The average Bonchev–Trinajstić information content (AvgIpc) is 3.24. The summed E-state index contributed by atoms with van der Waals surface area (Å²) in [5.74, 6) is 0.286. The summed E-state index contributed by atoms with van der Waals surface area (Å²) in [6.45, 7) is 0.335. The zero-order chi connectivity index (χ0) is 22.2. The number of alkyl halides is 2. The second-order valence-corrected chi connectivity index (χ2v) is 7.38. The Hall–Kier alpha value is -3.40. The lowest BCUT2D eigenvalue weighted by Crippen LogP contribution is -2.25. The number of aryl methyl sites for hydroxylation is 1. The van der Waals surface area contributed by atoms with Crippen LogP contribution in [0.3, 0.4) is 0 Å². The molecule has 0 aliphatic carbocycles. The van der Waals surface area contributed by atoms with Crippen molar-refractivity contribution in [1.29, 1.82) is 0 Å². The lowest BCUT2D eigenvalue weighted by molar-refractivity contribution is -0.286. The van der Waals surface area contributed by atoms with Crippen molar-refractivity contribution in [2.75, 3.05) is 19.4 Å². The Morgan fingerprint density at radius 1 is 1.19 bits per heavy atom. The fourth-order valence-electron chi connectivity index (χ4n) is 3.04. The number of halogens is 3. The molecule has 1 aliphatic heterocycles. The fourth-order valence-corrected chi connectivity index (χ4v) is 3.22. The SMILES string of the molecule is CN(C)C(=O)CCn1nc(Nc2ccc3c(c2)OC(F)(F)O3)cc1-c1ccnc(Cl)c1. The third-order valence-electron chi connectivity index (χ3n) is 4.51. The number of hydrogen-bond donors (Lipinski definition) is 1. The third-order valence-corrected chi connectivity index (χ3v) is 4.72. The summed E-state index contributed by atoms with van der Waals surface area (Å²) in [5, 5.41) is 7.90. The number of carbonyl (C=O) groups excluding carboxylic acids is 1. The monoisotopic (exact) mass is 449 g/mol. The van der Waals surface area contributed by atoms with Gasteiger partial charge in [-0.25, -0.2) is 4.98 Å². The van der Waals surface area contributed by atoms with Gasteiger partial charge in [0.05, 0.1) is 12.2 Å². The number of amides is 1. The van der Waals surface area contributed by atoms with Crippen LogP contribution in [0.4, 0.5) is 20.3 Å². The highest BCUT2D eigenvalue weighted by Gasteiger charge is 2.43. The third kappa shape index (κ3) is 4.69. The van der Waals surface area contributed by atoms with Gasteiger partial charge in [-0.1, -0.05) is 11.6 Å². The van der Waals surface area contributed by atoms with Crippen LogP contribution in [0.15, 0.2) is 42.6 Å². The maximum absolute atomic E-state index is 13.3. The van der Waals surface area contributed by atoms with Crippen molar-refractivity contribution in [2.24, 2.45) is 0 Å². The molecule has 3 heterocycles. The molecule has 0 saturated carbocycles. The normalized spacial score (nSPS) is 13.8. The van der Waals surface area contributed by atoms with Crippen LogP contribution in [-0.4, -0.2) is 46.0 Å². The van der Waals surface area contributed by atoms with Crippen molar-refractivity contribution >= 4 is 29.0 Å². The Morgan fingerprint density at radius 3 is 2.71 bits per heavy atom. The minimum Gasteiger partial charge on any atom is -0.395 e. The number of carbonyl (C=O) groups is 1. The number of nitrogens with one attached hydrogen (secondary N) is 1. The van der Waals surface area contributed by atoms with Gasteiger partial charge in [0.15, 0.2) is 17.3 Å². The summed E-state index contributed by atoms with van der Waals surface area (Å²) >= 11 is 6.03. The van der Waals surface area contributed by atoms with E-state index in [0.717, 1.165) is 5.56 Å². The van der Waals surface area contributed by atoms with E-state index in [9.17, 15) is 13.6 Å². The van der Waals surface area contributed by atoms with Gasteiger partial charge < -0.3 is 19.7 Å². The lowest BCUT2D eigenvalue weighted by atomic mass is 10.2. The molecule has 0 fully saturated rings. The molecule has 0 atom stereocenters. The van der Waals surface area contributed by atoms with Crippen molar-refractivity contribution in [3.8, 4) is 22.8 Å². The number of aromatic nitrogens is 3. The molecule has 0 radical (unpaired) electrons. The summed E-state index contributed by atoms with van der Waals surface area (Å²) in [4.78, 5) is 17.5. The molecule has 11 heteroatoms. The highest BCUT2D eigenvalue weighted by atomic mass is 35.5. The minimum atomic E-state index is -3.69. The van der Waals surface area contributed by atoms with Crippen molar-refractivity contribution in [3.05, 3.63) is 47.7 Å². The van der Waals surface area contributed by atoms with Crippen LogP contribution in [0, 0.1) is 0 Å². The summed E-state index contributed by atoms with van der Waals surface area (Å²) < 4.78 is 37.1. The number of pyridine rings is 1. The first-order chi connectivity index (χ1) is 14.7. The first kappa shape index (κ1) is 20.9. The molecule has 1 aromatic carbocycles. The number of fused-ring (bicyclic) bond motifs is 1. The number of ether oxygens (including phenoxy) is 2. The molecule has 0 unspecified atom stereocenters. The van der Waals surface area contributed by atoms with Gasteiger partial charge in [0.1, 0.15) is 5.15 Å². The smallest absolute Gasteiger partial charge is 0.395 e. The molecule has 1 aliphatic rings. The van der Waals surface area contributed by atoms with Gasteiger partial charge in [0.25, 0.3) is 0 Å². The molecule has 0 bridgehead atoms. The number of nitrogens with zero attached hydrogens (tertiary/aromatic N) is 4. The number of anilines is 2. The maximum Gasteiger partial charge on any atom is 0.586 e. The molecule has 0 saturated heterocycles. The molecule has 1 amide bonds. The molecule has 31 heavy (non-hydrogen) atoms. The zero-order valence-electron chi connectivity index (χ0n) is 16.6. The molecular weight excluding hydrogens is 432 g/mol. The van der Waals surface area contributed by atoms with Gasteiger partial charge in [-0.2, -0.15) is 5.10 Å². The van der Waals surface area contributed by atoms with E-state index in [1.165, 1.54) is 17.0 Å². The zero-order valence-corrected chi connectivity index (χ0v) is 17.4. The van der Waals surface area contributed by atoms with Crippen LogP contribution in [-0.2, 0) is 11.3 Å². The van der Waals surface area contributed by atoms with Crippen molar-refractivity contribution in [3.63, 3.8) is 0 Å². The minimum absolute atomic E-state index is 0.0413. The van der Waals surface area contributed by atoms with Crippen LogP contribution in [0.2, 0.25) is 5.15 Å². The average molecular weight is 450 g/mol. The van der Waals surface area contributed by atoms with Gasteiger partial charge in [-0.3, -0.25) is 9.48 Å². The van der Waals surface area contributed by atoms with Crippen LogP contribution in [0.25, 0.3) is 11.3 Å². The molecular formula is C20H18ClF2N5O3. The van der Waals surface area contributed by atoms with Gasteiger partial charge in [-0.05, 0) is 24.3 Å². The molecule has 8 nitrogen and oxygen atoms in total. The Balaban J connectivity index is 1.61. The standard InChI is InChI=1S/C20H18ClF2N5O3/c1-27(2)19(29)6-8-28-14(12-5-7-24-17(21)9-12)11-18(26-28)25-13-3-4-15-16(10-13)31-20(22,23)30-15/h3-5,7,9-11H,6,8H2,1-2H3,(H,25,26). The van der Waals surface area contributed by atoms with E-state index in [1.807, 2.05) is 0 Å². The summed E-state index contributed by atoms with van der Waals surface area (Å²) in [6.07, 6.45) is -1.86. The van der Waals surface area contributed by atoms with E-state index in [0.29, 0.717) is 28.9 Å². The quantitative estimate of drug-likeness (QED) is 0.569. The number of hydrogen-bond acceptors (Lipinski definition) is 6. The van der Waals surface area contributed by atoms with Crippen molar-refractivity contribution in [1.82, 2.24) is 19.7 Å². The highest BCUT2D eigenvalue weighted by Crippen LogP contribution is 2.42. The Morgan fingerprint density at radius 2 is 1.97 bits per heavy atom. The summed E-state index contributed by atoms with van der Waals surface area (Å²) in [7, 11) is 3.37. The topological polar surface area (TPSA) is 81.5 Å². The van der Waals surface area contributed by atoms with Gasteiger partial charge >= 0.3 is 6.29 Å². The fraction of sp³-hybridized carbons (Fsp3) is 0.250. The van der Waals surface area contributed by atoms with E-state index in [2.05, 4.69) is 24.9 Å². The van der Waals surface area contributed by atoms with Crippen LogP contribution >= 0.6 is 11.6 Å². The van der Waals surface area contributed by atoms with Gasteiger partial charge in [0.2, 0.25) is 5.91 Å². The summed E-state index contributed by atoms with van der Waals surface area (Å²) in [5.41, 5.74) is 1.96. The van der Waals surface area contributed by atoms with Gasteiger partial charge in [0, 0.05) is 50.1 Å². The van der Waals surface area contributed by atoms with Crippen LogP contribution in [0.5, 0.6) is 11.5 Å². The van der Waals surface area contributed by atoms with Crippen LogP contribution < -0.4 is 14.8 Å². The second kappa shape index (κ2) is 8.03. The lowest BCUT2D eigenvalue weighted by Gasteiger charge is -2.11. The van der Waals surface area contributed by atoms with Crippen molar-refractivity contribution in [2.45, 2.75) is 19.3 Å². The molecule has 2 aromatic heterocycles. The van der Waals surface area contributed by atoms with Crippen LogP contribution in [0.1, 0.15) is 6.42 Å². The molecule has 162 valence electrons. The maximum atomic E-state index is 13.3. The predicted molar refractivity (Wildman–Crippen MR) is 110 cm³/mol. The number of benzene rings is 1. The van der Waals surface area contributed by atoms with E-state index >= 15 is 0 Å². The summed E-state index contributed by atoms with van der Waals surface area (Å²) in [6, 6.07) is 9.59. The Kier molecular flexibility index (Phi) is 5.40. The highest BCUT2D eigenvalue weighted by molar-refractivity contribution is 6.29. The number of rotatable bonds is 6. The van der Waals surface area contributed by atoms with E-state index in [-0.39, 0.29) is 23.8 Å². The Labute approximate surface area is 181 Å². The first-order valence-corrected chi connectivity index (χ1v) is 9.65.